The molecule has 1 fully saturated rings. The van der Waals surface area contributed by atoms with Gasteiger partial charge in [0.15, 0.2) is 5.69 Å². The van der Waals surface area contributed by atoms with Crippen LogP contribution in [0.15, 0.2) is 68.7 Å². The second-order valence-electron chi connectivity index (χ2n) is 8.63. The first kappa shape index (κ1) is 23.3. The molecule has 0 spiro atoms. The van der Waals surface area contributed by atoms with E-state index in [2.05, 4.69) is 27.4 Å². The number of benzene rings is 2. The van der Waals surface area contributed by atoms with Crippen LogP contribution < -0.4 is 11.2 Å². The first-order chi connectivity index (χ1) is 17.4. The van der Waals surface area contributed by atoms with Crippen molar-refractivity contribution in [3.63, 3.8) is 0 Å². The zero-order chi connectivity index (χ0) is 25.2. The highest BCUT2D eigenvalue weighted by Gasteiger charge is 2.27. The van der Waals surface area contributed by atoms with Gasteiger partial charge in [0.1, 0.15) is 5.82 Å². The number of carbonyl (C=O) groups excluding carboxylic acids is 1. The summed E-state index contributed by atoms with van der Waals surface area (Å²) in [6.45, 7) is 1.36. The van der Waals surface area contributed by atoms with Crippen LogP contribution in [0, 0.1) is 5.82 Å². The topological polar surface area (TPSA) is 116 Å². The fourth-order valence-electron chi connectivity index (χ4n) is 4.27. The number of nitrogens with zero attached hydrogens (tertiary/aromatic N) is 6. The number of likely N-dealkylation sites (tertiary alicyclic amines) is 1. The van der Waals surface area contributed by atoms with E-state index < -0.39 is 17.1 Å². The van der Waals surface area contributed by atoms with E-state index >= 15 is 0 Å². The third-order valence-corrected chi connectivity index (χ3v) is 6.29. The quantitative estimate of drug-likeness (QED) is 0.406. The molecule has 184 valence electrons. The van der Waals surface area contributed by atoms with Gasteiger partial charge in [-0.15, -0.1) is 0 Å². The Bertz CT molecular complexity index is 1510. The Morgan fingerprint density at radius 1 is 1.11 bits per heavy atom. The average Bonchev–Trinajstić information content (AvgIpc) is 3.58. The van der Waals surface area contributed by atoms with Gasteiger partial charge in [0.25, 0.3) is 5.56 Å². The SMILES string of the molecule is Cn1c(=O)c(-c2noc(CCC(=O)N3CCC(c4ccccc4)C3)n2)nn(-c2ccc(F)cc2)c1=O. The highest BCUT2D eigenvalue weighted by Crippen LogP contribution is 2.27. The summed E-state index contributed by atoms with van der Waals surface area (Å²) in [5, 5.41) is 7.93. The van der Waals surface area contributed by atoms with E-state index in [0.717, 1.165) is 15.7 Å². The molecule has 1 atom stereocenters. The molecule has 0 bridgehead atoms. The summed E-state index contributed by atoms with van der Waals surface area (Å²) in [6.07, 6.45) is 1.30. The maximum atomic E-state index is 13.3. The first-order valence-corrected chi connectivity index (χ1v) is 11.5. The van der Waals surface area contributed by atoms with Crippen molar-refractivity contribution < 1.29 is 13.7 Å². The van der Waals surface area contributed by atoms with Gasteiger partial charge in [0.2, 0.25) is 17.6 Å². The van der Waals surface area contributed by atoms with E-state index in [1.807, 2.05) is 23.1 Å². The molecule has 0 N–H and O–H groups in total. The first-order valence-electron chi connectivity index (χ1n) is 11.5. The van der Waals surface area contributed by atoms with Gasteiger partial charge in [-0.05, 0) is 36.2 Å². The van der Waals surface area contributed by atoms with Crippen molar-refractivity contribution in [2.24, 2.45) is 7.05 Å². The van der Waals surface area contributed by atoms with Crippen LogP contribution >= 0.6 is 0 Å². The number of rotatable bonds is 6. The van der Waals surface area contributed by atoms with Crippen LogP contribution in [0.2, 0.25) is 0 Å². The van der Waals surface area contributed by atoms with Crippen LogP contribution in [0.3, 0.4) is 0 Å². The van der Waals surface area contributed by atoms with E-state index in [9.17, 15) is 18.8 Å². The Morgan fingerprint density at radius 2 is 1.86 bits per heavy atom. The molecule has 1 aliphatic heterocycles. The van der Waals surface area contributed by atoms with Crippen molar-refractivity contribution in [2.45, 2.75) is 25.2 Å². The standard InChI is InChI=1S/C25H23FN6O4/c1-30-24(34)22(28-32(25(30)35)19-9-7-18(26)8-10-19)23-27-20(36-29-23)11-12-21(33)31-14-13-17(15-31)16-5-3-2-4-6-16/h2-10,17H,11-15H2,1H3. The zero-order valence-electron chi connectivity index (χ0n) is 19.5. The normalized spacial score (nSPS) is 15.4. The number of hydrogen-bond acceptors (Lipinski definition) is 7. The number of hydrogen-bond donors (Lipinski definition) is 0. The smallest absolute Gasteiger partial charge is 0.342 e. The van der Waals surface area contributed by atoms with Crippen LogP contribution in [-0.2, 0) is 18.3 Å². The predicted octanol–water partition coefficient (Wildman–Crippen LogP) is 2.07. The molecule has 10 nitrogen and oxygen atoms in total. The lowest BCUT2D eigenvalue weighted by atomic mass is 9.99. The molecule has 2 aromatic heterocycles. The van der Waals surface area contributed by atoms with E-state index in [-0.39, 0.29) is 41.8 Å². The van der Waals surface area contributed by atoms with Gasteiger partial charge >= 0.3 is 5.69 Å². The van der Waals surface area contributed by atoms with Gasteiger partial charge in [-0.2, -0.15) is 14.8 Å². The van der Waals surface area contributed by atoms with E-state index in [1.165, 1.54) is 36.9 Å². The van der Waals surface area contributed by atoms with Crippen LogP contribution in [0.25, 0.3) is 17.2 Å². The number of amides is 1. The van der Waals surface area contributed by atoms with Crippen molar-refractivity contribution in [3.8, 4) is 17.2 Å². The highest BCUT2D eigenvalue weighted by atomic mass is 19.1. The summed E-state index contributed by atoms with van der Waals surface area (Å²) in [5.74, 6) is -0.0743. The van der Waals surface area contributed by atoms with Gasteiger partial charge in [-0.3, -0.25) is 14.2 Å². The molecule has 5 rings (SSSR count). The van der Waals surface area contributed by atoms with Gasteiger partial charge < -0.3 is 9.42 Å². The van der Waals surface area contributed by atoms with Gasteiger partial charge in [0, 0.05) is 38.9 Å². The van der Waals surface area contributed by atoms with Crippen molar-refractivity contribution in [1.29, 1.82) is 0 Å². The molecule has 11 heteroatoms. The third kappa shape index (κ3) is 4.59. The highest BCUT2D eigenvalue weighted by molar-refractivity contribution is 5.76. The lowest BCUT2D eigenvalue weighted by Crippen LogP contribution is -2.40. The molecule has 1 unspecified atom stereocenters. The molecule has 36 heavy (non-hydrogen) atoms. The number of aromatic nitrogens is 5. The minimum atomic E-state index is -0.705. The number of halogens is 1. The van der Waals surface area contributed by atoms with Crippen LogP contribution in [0.5, 0.6) is 0 Å². The van der Waals surface area contributed by atoms with E-state index in [0.29, 0.717) is 19.0 Å². The fourth-order valence-corrected chi connectivity index (χ4v) is 4.27. The number of aryl methyl sites for hydroxylation is 1. The molecule has 1 aliphatic rings. The lowest BCUT2D eigenvalue weighted by Gasteiger charge is -2.16. The molecule has 4 aromatic rings. The second-order valence-corrected chi connectivity index (χ2v) is 8.63. The van der Waals surface area contributed by atoms with E-state index in [1.54, 1.807) is 0 Å². The lowest BCUT2D eigenvalue weighted by molar-refractivity contribution is -0.130. The van der Waals surface area contributed by atoms with E-state index in [4.69, 9.17) is 4.52 Å². The second kappa shape index (κ2) is 9.68. The summed E-state index contributed by atoms with van der Waals surface area (Å²) in [4.78, 5) is 44.0. The van der Waals surface area contributed by atoms with Gasteiger partial charge in [-0.1, -0.05) is 35.5 Å². The molecule has 3 heterocycles. The molecule has 2 aromatic carbocycles. The Labute approximate surface area is 204 Å². The Morgan fingerprint density at radius 3 is 2.61 bits per heavy atom. The minimum Gasteiger partial charge on any atom is -0.342 e. The Kier molecular flexibility index (Phi) is 6.28. The molecule has 0 saturated carbocycles. The molecule has 0 aliphatic carbocycles. The Balaban J connectivity index is 1.29. The van der Waals surface area contributed by atoms with Crippen molar-refractivity contribution in [3.05, 3.63) is 92.7 Å². The maximum Gasteiger partial charge on any atom is 0.351 e. The largest absolute Gasteiger partial charge is 0.351 e. The van der Waals surface area contributed by atoms with Gasteiger partial charge in [-0.25, -0.2) is 9.18 Å². The third-order valence-electron chi connectivity index (χ3n) is 6.29. The zero-order valence-corrected chi connectivity index (χ0v) is 19.5. The van der Waals surface area contributed by atoms with Crippen molar-refractivity contribution in [1.82, 2.24) is 29.4 Å². The minimum absolute atomic E-state index is 0.00733. The monoisotopic (exact) mass is 490 g/mol. The fraction of sp³-hybridized carbons (Fsp3) is 0.280. The summed E-state index contributed by atoms with van der Waals surface area (Å²) in [5.41, 5.74) is -0.111. The predicted molar refractivity (Wildman–Crippen MR) is 127 cm³/mol. The van der Waals surface area contributed by atoms with Gasteiger partial charge in [0.05, 0.1) is 5.69 Å². The molecule has 0 radical (unpaired) electrons. The van der Waals surface area contributed by atoms with Crippen LogP contribution in [-0.4, -0.2) is 48.4 Å². The molecule has 1 saturated heterocycles. The Hall–Kier alpha value is -4.41. The molecular weight excluding hydrogens is 467 g/mol. The summed E-state index contributed by atoms with van der Waals surface area (Å²) >= 11 is 0. The summed E-state index contributed by atoms with van der Waals surface area (Å²) in [6, 6.07) is 15.2. The molecule has 1 amide bonds. The maximum absolute atomic E-state index is 13.3. The molecular formula is C25H23FN6O4. The van der Waals surface area contributed by atoms with Crippen LogP contribution in [0.4, 0.5) is 4.39 Å². The summed E-state index contributed by atoms with van der Waals surface area (Å²) in [7, 11) is 1.30. The van der Waals surface area contributed by atoms with Crippen molar-refractivity contribution >= 4 is 5.91 Å². The van der Waals surface area contributed by atoms with Crippen LogP contribution in [0.1, 0.15) is 30.2 Å². The number of carbonyl (C=O) groups is 1. The average molecular weight is 490 g/mol. The summed E-state index contributed by atoms with van der Waals surface area (Å²) < 4.78 is 20.4. The van der Waals surface area contributed by atoms with Crippen molar-refractivity contribution in [2.75, 3.05) is 13.1 Å².